The zero-order chi connectivity index (χ0) is 21.7. The Morgan fingerprint density at radius 2 is 2.00 bits per heavy atom. The highest BCUT2D eigenvalue weighted by Crippen LogP contribution is 2.22. The van der Waals surface area contributed by atoms with Crippen molar-refractivity contribution in [2.75, 3.05) is 39.8 Å². The summed E-state index contributed by atoms with van der Waals surface area (Å²) >= 11 is 5.94. The Morgan fingerprint density at radius 1 is 1.27 bits per heavy atom. The number of hydrogen-bond acceptors (Lipinski definition) is 6. The van der Waals surface area contributed by atoms with Gasteiger partial charge < -0.3 is 19.9 Å². The zero-order valence-electron chi connectivity index (χ0n) is 17.5. The Hall–Kier alpha value is -2.65. The molecule has 1 aromatic heterocycles. The van der Waals surface area contributed by atoms with Gasteiger partial charge in [-0.1, -0.05) is 16.8 Å². The molecule has 9 nitrogen and oxygen atoms in total. The van der Waals surface area contributed by atoms with Crippen LogP contribution in [0.25, 0.3) is 0 Å². The van der Waals surface area contributed by atoms with Crippen molar-refractivity contribution in [3.63, 3.8) is 0 Å². The van der Waals surface area contributed by atoms with Crippen LogP contribution in [0.4, 0.5) is 0 Å². The number of carbonyl (C=O) groups excluding carboxylic acids is 2. The second-order valence-electron chi connectivity index (χ2n) is 7.42. The first-order valence-electron chi connectivity index (χ1n) is 9.92. The number of likely N-dealkylation sites (N-methyl/N-ethyl adjacent to an activating group) is 1. The average Bonchev–Trinajstić information content (AvgIpc) is 3.19. The van der Waals surface area contributed by atoms with Gasteiger partial charge >= 0.3 is 0 Å². The molecule has 2 heterocycles. The van der Waals surface area contributed by atoms with Crippen LogP contribution in [0.15, 0.2) is 24.4 Å². The molecule has 1 atom stereocenters. The number of aryl methyl sites for hydroxylation is 1. The molecular formula is C20H27ClN6O3. The molecule has 1 aromatic carbocycles. The maximum Gasteiger partial charge on any atom is 0.276 e. The average molecular weight is 435 g/mol. The van der Waals surface area contributed by atoms with E-state index in [1.54, 1.807) is 40.9 Å². The van der Waals surface area contributed by atoms with Crippen LogP contribution >= 0.6 is 11.6 Å². The van der Waals surface area contributed by atoms with Crippen LogP contribution in [0.5, 0.6) is 5.75 Å². The van der Waals surface area contributed by atoms with Gasteiger partial charge in [0.05, 0.1) is 12.7 Å². The number of aromatic nitrogens is 3. The third-order valence-corrected chi connectivity index (χ3v) is 5.23. The minimum atomic E-state index is -0.657. The maximum absolute atomic E-state index is 12.5. The largest absolute Gasteiger partial charge is 0.481 e. The van der Waals surface area contributed by atoms with Gasteiger partial charge in [-0.25, -0.2) is 4.68 Å². The van der Waals surface area contributed by atoms with E-state index in [2.05, 4.69) is 20.5 Å². The molecule has 10 heteroatoms. The molecule has 1 aliphatic heterocycles. The summed E-state index contributed by atoms with van der Waals surface area (Å²) in [5.74, 6) is 0.266. The smallest absolute Gasteiger partial charge is 0.276 e. The van der Waals surface area contributed by atoms with E-state index in [0.717, 1.165) is 18.7 Å². The van der Waals surface area contributed by atoms with Gasteiger partial charge in [-0.05, 0) is 44.7 Å². The lowest BCUT2D eigenvalue weighted by molar-refractivity contribution is -0.127. The molecule has 0 bridgehead atoms. The fourth-order valence-electron chi connectivity index (χ4n) is 3.10. The number of nitrogens with zero attached hydrogens (tertiary/aromatic N) is 5. The first kappa shape index (κ1) is 22.0. The molecule has 162 valence electrons. The standard InChI is InChI=1S/C20H27ClN6O3/c1-14-12-16(21)4-5-18(14)30-15(2)19(28)22-6-7-27-13-17(23-24-27)20(29)26-10-8-25(3)9-11-26/h4-5,12-13,15H,6-11H2,1-3H3,(H,22,28)/t15-/m0/s1. The van der Waals surface area contributed by atoms with Crippen molar-refractivity contribution in [3.05, 3.63) is 40.7 Å². The summed E-state index contributed by atoms with van der Waals surface area (Å²) in [6, 6.07) is 5.25. The quantitative estimate of drug-likeness (QED) is 0.704. The van der Waals surface area contributed by atoms with E-state index >= 15 is 0 Å². The van der Waals surface area contributed by atoms with E-state index in [0.29, 0.717) is 42.6 Å². The zero-order valence-corrected chi connectivity index (χ0v) is 18.2. The van der Waals surface area contributed by atoms with Gasteiger partial charge in [-0.15, -0.1) is 5.10 Å². The first-order chi connectivity index (χ1) is 14.3. The maximum atomic E-state index is 12.5. The van der Waals surface area contributed by atoms with Crippen LogP contribution in [0.2, 0.25) is 5.02 Å². The third kappa shape index (κ3) is 5.70. The Kier molecular flexibility index (Phi) is 7.28. The van der Waals surface area contributed by atoms with Crippen molar-refractivity contribution in [1.29, 1.82) is 0 Å². The van der Waals surface area contributed by atoms with Crippen LogP contribution in [-0.2, 0) is 11.3 Å². The summed E-state index contributed by atoms with van der Waals surface area (Å²) in [4.78, 5) is 28.8. The molecule has 1 N–H and O–H groups in total. The second kappa shape index (κ2) is 9.90. The summed E-state index contributed by atoms with van der Waals surface area (Å²) in [5.41, 5.74) is 1.18. The van der Waals surface area contributed by atoms with Crippen molar-refractivity contribution < 1.29 is 14.3 Å². The number of amides is 2. The monoisotopic (exact) mass is 434 g/mol. The van der Waals surface area contributed by atoms with Crippen molar-refractivity contribution in [2.24, 2.45) is 0 Å². The molecule has 1 saturated heterocycles. The van der Waals surface area contributed by atoms with Crippen LogP contribution in [0.1, 0.15) is 23.0 Å². The molecule has 0 spiro atoms. The molecule has 0 saturated carbocycles. The second-order valence-corrected chi connectivity index (χ2v) is 7.86. The Balaban J connectivity index is 1.44. The molecular weight excluding hydrogens is 408 g/mol. The van der Waals surface area contributed by atoms with Crippen molar-refractivity contribution in [3.8, 4) is 5.75 Å². The normalized spacial score (nSPS) is 15.7. The predicted octanol–water partition coefficient (Wildman–Crippen LogP) is 1.21. The van der Waals surface area contributed by atoms with Gasteiger partial charge in [0.15, 0.2) is 11.8 Å². The van der Waals surface area contributed by atoms with Gasteiger partial charge in [0.25, 0.3) is 11.8 Å². The highest BCUT2D eigenvalue weighted by molar-refractivity contribution is 6.30. The fraction of sp³-hybridized carbons (Fsp3) is 0.500. The molecule has 3 rings (SSSR count). The number of ether oxygens (including phenoxy) is 1. The summed E-state index contributed by atoms with van der Waals surface area (Å²) in [5, 5.41) is 11.4. The predicted molar refractivity (Wildman–Crippen MR) is 113 cm³/mol. The number of nitrogens with one attached hydrogen (secondary N) is 1. The minimum absolute atomic E-state index is 0.112. The lowest BCUT2D eigenvalue weighted by Gasteiger charge is -2.31. The highest BCUT2D eigenvalue weighted by Gasteiger charge is 2.22. The minimum Gasteiger partial charge on any atom is -0.481 e. The van der Waals surface area contributed by atoms with Gasteiger partial charge in [0.1, 0.15) is 5.75 Å². The van der Waals surface area contributed by atoms with Crippen LogP contribution in [0.3, 0.4) is 0 Å². The first-order valence-corrected chi connectivity index (χ1v) is 10.3. The number of piperazine rings is 1. The van der Waals surface area contributed by atoms with Crippen LogP contribution in [0, 0.1) is 6.92 Å². The Bertz CT molecular complexity index is 894. The van der Waals surface area contributed by atoms with Crippen LogP contribution in [-0.4, -0.2) is 82.5 Å². The van der Waals surface area contributed by atoms with E-state index in [4.69, 9.17) is 16.3 Å². The van der Waals surface area contributed by atoms with Gasteiger partial charge in [-0.2, -0.15) is 0 Å². The Labute approximate surface area is 180 Å². The lowest BCUT2D eigenvalue weighted by Crippen LogP contribution is -2.47. The topological polar surface area (TPSA) is 92.6 Å². The summed E-state index contributed by atoms with van der Waals surface area (Å²) in [7, 11) is 2.04. The molecule has 0 aliphatic carbocycles. The number of benzene rings is 1. The summed E-state index contributed by atoms with van der Waals surface area (Å²) in [6.45, 7) is 7.37. The molecule has 30 heavy (non-hydrogen) atoms. The SMILES string of the molecule is Cc1cc(Cl)ccc1O[C@@H](C)C(=O)NCCn1cc(C(=O)N2CCN(C)CC2)nn1. The molecule has 0 radical (unpaired) electrons. The van der Waals surface area contributed by atoms with E-state index in [9.17, 15) is 9.59 Å². The number of carbonyl (C=O) groups is 2. The Morgan fingerprint density at radius 3 is 2.70 bits per heavy atom. The number of halogens is 1. The van der Waals surface area contributed by atoms with Crippen molar-refractivity contribution in [2.45, 2.75) is 26.5 Å². The molecule has 1 aliphatic rings. The van der Waals surface area contributed by atoms with E-state index in [-0.39, 0.29) is 11.8 Å². The van der Waals surface area contributed by atoms with Gasteiger partial charge in [0.2, 0.25) is 0 Å². The molecule has 2 aromatic rings. The van der Waals surface area contributed by atoms with E-state index in [1.807, 2.05) is 14.0 Å². The van der Waals surface area contributed by atoms with Crippen molar-refractivity contribution >= 4 is 23.4 Å². The van der Waals surface area contributed by atoms with E-state index in [1.165, 1.54) is 0 Å². The molecule has 0 unspecified atom stereocenters. The van der Waals surface area contributed by atoms with Gasteiger partial charge in [0, 0.05) is 37.7 Å². The van der Waals surface area contributed by atoms with Gasteiger partial charge in [-0.3, -0.25) is 9.59 Å². The third-order valence-electron chi connectivity index (χ3n) is 5.00. The van der Waals surface area contributed by atoms with Crippen LogP contribution < -0.4 is 10.1 Å². The summed E-state index contributed by atoms with van der Waals surface area (Å²) in [6.07, 6.45) is 0.957. The lowest BCUT2D eigenvalue weighted by atomic mass is 10.2. The summed E-state index contributed by atoms with van der Waals surface area (Å²) < 4.78 is 7.27. The highest BCUT2D eigenvalue weighted by atomic mass is 35.5. The fourth-order valence-corrected chi connectivity index (χ4v) is 3.33. The molecule has 2 amide bonds. The number of hydrogen-bond donors (Lipinski definition) is 1. The van der Waals surface area contributed by atoms with E-state index < -0.39 is 6.10 Å². The van der Waals surface area contributed by atoms with Crippen molar-refractivity contribution in [1.82, 2.24) is 30.1 Å². The number of rotatable bonds is 7. The molecule has 1 fully saturated rings.